The Bertz CT molecular complexity index is 1280. The Labute approximate surface area is 258 Å². The molecule has 38 heavy (non-hydrogen) atoms. The van der Waals surface area contributed by atoms with E-state index in [0.29, 0.717) is 0 Å². The Balaban J connectivity index is 0.000000354. The molecule has 0 spiro atoms. The monoisotopic (exact) mass is 620 g/mol. The number of halogens is 2. The van der Waals surface area contributed by atoms with E-state index in [2.05, 4.69) is 133 Å². The van der Waals surface area contributed by atoms with Gasteiger partial charge < -0.3 is 24.8 Å². The normalized spacial score (nSPS) is 12.1. The summed E-state index contributed by atoms with van der Waals surface area (Å²) in [5.74, 6) is 0. The fourth-order valence-electron chi connectivity index (χ4n) is 4.20. The molecule has 4 aromatic rings. The van der Waals surface area contributed by atoms with E-state index < -0.39 is 0 Å². The van der Waals surface area contributed by atoms with Gasteiger partial charge in [0.1, 0.15) is 0 Å². The third-order valence-electron chi connectivity index (χ3n) is 6.33. The predicted molar refractivity (Wildman–Crippen MR) is 157 cm³/mol. The van der Waals surface area contributed by atoms with E-state index >= 15 is 0 Å². The predicted octanol–water partition coefficient (Wildman–Crippen LogP) is 3.59. The molecule has 4 aromatic carbocycles. The molecule has 0 aliphatic heterocycles. The van der Waals surface area contributed by atoms with E-state index in [0.717, 1.165) is 12.8 Å². The standard InChI is InChI=1S/C21H25.C9H10.C5H5.2ClH.Zr/c1-20(2,3)16-7-9-18-14(12-16)11-15-13-17(21(4,5)6)8-10-19(15)18;1-2-6-9-7-4-3-5-8-9;1-2-4-5-3-1;;;/h7-13H,1-6H3;3-5,7-8H,6H2,1H3;1-3H,4H2;2*1H;/q-1;;-1;;;+2/p-2. The van der Waals surface area contributed by atoms with Crippen LogP contribution >= 0.6 is 0 Å². The first-order valence-corrected chi connectivity index (χ1v) is 14.1. The molecule has 0 N–H and O–H groups in total. The molecular weight excluding hydrogens is 583 g/mol. The quantitative estimate of drug-likeness (QED) is 0.300. The van der Waals surface area contributed by atoms with Crippen molar-refractivity contribution in [3.05, 3.63) is 114 Å². The van der Waals surface area contributed by atoms with Gasteiger partial charge >= 0.3 is 76.7 Å². The van der Waals surface area contributed by atoms with Crippen LogP contribution in [0, 0.1) is 6.08 Å². The summed E-state index contributed by atoms with van der Waals surface area (Å²) in [6, 6.07) is 26.8. The van der Waals surface area contributed by atoms with Crippen LogP contribution in [0.2, 0.25) is 0 Å². The van der Waals surface area contributed by atoms with Gasteiger partial charge in [-0.15, -0.1) is 46.2 Å². The summed E-state index contributed by atoms with van der Waals surface area (Å²) in [7, 11) is 0. The number of rotatable bonds is 2. The Morgan fingerprint density at radius 2 is 1.29 bits per heavy atom. The number of hydrogen-bond donors (Lipinski definition) is 0. The maximum Gasteiger partial charge on any atom is -0.109 e. The zero-order valence-electron chi connectivity index (χ0n) is 23.8. The van der Waals surface area contributed by atoms with Gasteiger partial charge in [0.05, 0.1) is 0 Å². The fourth-order valence-corrected chi connectivity index (χ4v) is 4.70. The molecular formula is C35H40Cl2Zr-2. The van der Waals surface area contributed by atoms with Crippen LogP contribution in [-0.2, 0) is 41.5 Å². The van der Waals surface area contributed by atoms with Crippen LogP contribution in [0.5, 0.6) is 0 Å². The first-order chi connectivity index (χ1) is 16.9. The Morgan fingerprint density at radius 1 is 0.789 bits per heavy atom. The van der Waals surface area contributed by atoms with Crippen LogP contribution in [0.15, 0.2) is 91.0 Å². The van der Waals surface area contributed by atoms with Gasteiger partial charge in [0.2, 0.25) is 0 Å². The molecule has 0 fully saturated rings. The second kappa shape index (κ2) is 15.2. The minimum atomic E-state index is 0. The summed E-state index contributed by atoms with van der Waals surface area (Å²) in [6.45, 7) is 15.8. The summed E-state index contributed by atoms with van der Waals surface area (Å²) in [5.41, 5.74) is 4.64. The number of fused-ring (bicyclic) bond motifs is 3. The average molecular weight is 623 g/mol. The summed E-state index contributed by atoms with van der Waals surface area (Å²) in [4.78, 5) is 0. The molecule has 0 aromatic heterocycles. The Morgan fingerprint density at radius 3 is 1.63 bits per heavy atom. The van der Waals surface area contributed by atoms with E-state index in [-0.39, 0.29) is 35.6 Å². The van der Waals surface area contributed by atoms with Gasteiger partial charge in [0, 0.05) is 0 Å². The fraction of sp³-hybridized carbons (Fsp3) is 0.314. The summed E-state index contributed by atoms with van der Waals surface area (Å²) in [6.07, 6.45) is 11.2. The molecule has 0 saturated heterocycles. The van der Waals surface area contributed by atoms with Gasteiger partial charge in [-0.1, -0.05) is 76.9 Å². The molecule has 0 amide bonds. The minimum Gasteiger partial charge on any atom is -1.00 e. The van der Waals surface area contributed by atoms with Gasteiger partial charge in [-0.3, -0.25) is 6.08 Å². The van der Waals surface area contributed by atoms with E-state index in [1.807, 2.05) is 12.2 Å². The molecule has 0 saturated carbocycles. The minimum absolute atomic E-state index is 0. The number of allylic oxidation sites excluding steroid dienone is 4. The van der Waals surface area contributed by atoms with Crippen molar-refractivity contribution in [2.75, 3.05) is 0 Å². The Kier molecular flexibility index (Phi) is 13.8. The van der Waals surface area contributed by atoms with Gasteiger partial charge in [-0.2, -0.15) is 6.08 Å². The molecule has 0 heterocycles. The van der Waals surface area contributed by atoms with Crippen LogP contribution in [-0.4, -0.2) is 3.21 Å². The first kappa shape index (κ1) is 34.4. The Hall–Kier alpha value is -1.66. The van der Waals surface area contributed by atoms with Gasteiger partial charge in [-0.25, -0.2) is 12.2 Å². The summed E-state index contributed by atoms with van der Waals surface area (Å²) >= 11 is 1.55. The SMILES string of the molecule is CC(C)(C)c1ccc2c(c1)[cH-]c1cc(C(C)(C)C)ccc12.C[C](=[Zr+2])Cc1ccccc1.[C-]1=CC=CC1.[Cl-].[Cl-]. The topological polar surface area (TPSA) is 0 Å². The van der Waals surface area contributed by atoms with Crippen molar-refractivity contribution in [2.45, 2.75) is 72.1 Å². The molecule has 0 atom stereocenters. The molecule has 1 aliphatic carbocycles. The average Bonchev–Trinajstić information content (AvgIpc) is 3.49. The largest absolute Gasteiger partial charge is 1.00 e. The second-order valence-electron chi connectivity index (χ2n) is 11.7. The maximum atomic E-state index is 2.99. The summed E-state index contributed by atoms with van der Waals surface area (Å²) in [5, 5.41) is 5.48. The maximum absolute atomic E-state index is 2.99. The van der Waals surface area contributed by atoms with Crippen molar-refractivity contribution >= 4 is 24.8 Å². The van der Waals surface area contributed by atoms with E-state index in [1.165, 1.54) is 38.2 Å². The molecule has 5 rings (SSSR count). The van der Waals surface area contributed by atoms with Gasteiger partial charge in [0.25, 0.3) is 0 Å². The smallest absolute Gasteiger partial charge is 0.109 e. The van der Waals surface area contributed by atoms with E-state index in [1.54, 1.807) is 27.4 Å². The zero-order chi connectivity index (χ0) is 26.3. The van der Waals surface area contributed by atoms with Gasteiger partial charge in [-0.05, 0) is 10.8 Å². The van der Waals surface area contributed by atoms with Crippen molar-refractivity contribution in [2.24, 2.45) is 0 Å². The molecule has 0 unspecified atom stereocenters. The molecule has 3 heteroatoms. The van der Waals surface area contributed by atoms with Crippen molar-refractivity contribution < 1.29 is 49.0 Å². The van der Waals surface area contributed by atoms with Crippen LogP contribution < -0.4 is 24.8 Å². The van der Waals surface area contributed by atoms with E-state index in [4.69, 9.17) is 0 Å². The second-order valence-corrected chi connectivity index (χ2v) is 13.8. The number of benzene rings is 3. The van der Waals surface area contributed by atoms with Crippen LogP contribution in [0.25, 0.3) is 21.5 Å². The van der Waals surface area contributed by atoms with E-state index in [9.17, 15) is 0 Å². The zero-order valence-corrected chi connectivity index (χ0v) is 27.8. The van der Waals surface area contributed by atoms with Crippen LogP contribution in [0.1, 0.15) is 71.6 Å². The van der Waals surface area contributed by atoms with Gasteiger partial charge in [0.15, 0.2) is 0 Å². The van der Waals surface area contributed by atoms with Crippen LogP contribution in [0.3, 0.4) is 0 Å². The summed E-state index contributed by atoms with van der Waals surface area (Å²) < 4.78 is 1.55. The van der Waals surface area contributed by atoms with Crippen LogP contribution in [0.4, 0.5) is 0 Å². The molecule has 0 radical (unpaired) electrons. The third kappa shape index (κ3) is 10.1. The van der Waals surface area contributed by atoms with Crippen molar-refractivity contribution in [1.82, 2.24) is 0 Å². The third-order valence-corrected chi connectivity index (χ3v) is 6.77. The van der Waals surface area contributed by atoms with Crippen molar-refractivity contribution in [3.63, 3.8) is 0 Å². The molecule has 0 bridgehead atoms. The molecule has 0 nitrogen and oxygen atoms in total. The van der Waals surface area contributed by atoms with Crippen molar-refractivity contribution in [3.8, 4) is 0 Å². The first-order valence-electron chi connectivity index (χ1n) is 12.9. The number of hydrogen-bond acceptors (Lipinski definition) is 0. The molecule has 200 valence electrons. The van der Waals surface area contributed by atoms with Crippen molar-refractivity contribution in [1.29, 1.82) is 0 Å². The molecule has 1 aliphatic rings.